The minimum Gasteiger partial charge on any atom is -0.349 e. The van der Waals surface area contributed by atoms with E-state index in [1.807, 2.05) is 6.92 Å². The van der Waals surface area contributed by atoms with Crippen LogP contribution in [0.5, 0.6) is 0 Å². The zero-order chi connectivity index (χ0) is 10.8. The summed E-state index contributed by atoms with van der Waals surface area (Å²) in [6, 6.07) is 4.34. The van der Waals surface area contributed by atoms with E-state index in [0.29, 0.717) is 0 Å². The van der Waals surface area contributed by atoms with E-state index in [2.05, 4.69) is 50.4 Å². The molecule has 4 heteroatoms. The molecule has 2 aromatic heterocycles. The first-order valence-electron chi connectivity index (χ1n) is 4.79. The molecule has 0 saturated carbocycles. The van der Waals surface area contributed by atoms with Crippen LogP contribution < -0.4 is 5.73 Å². The molecule has 0 aliphatic rings. The number of halogens is 1. The van der Waals surface area contributed by atoms with Gasteiger partial charge >= 0.3 is 0 Å². The maximum atomic E-state index is 5.81. The molecule has 0 spiro atoms. The van der Waals surface area contributed by atoms with Gasteiger partial charge in [-0.2, -0.15) is 0 Å². The van der Waals surface area contributed by atoms with E-state index in [1.165, 1.54) is 10.4 Å². The zero-order valence-electron chi connectivity index (χ0n) is 8.48. The van der Waals surface area contributed by atoms with Crippen molar-refractivity contribution in [3.63, 3.8) is 0 Å². The third kappa shape index (κ3) is 2.71. The van der Waals surface area contributed by atoms with Crippen molar-refractivity contribution < 1.29 is 0 Å². The molecule has 2 rings (SSSR count). The molecule has 0 radical (unpaired) electrons. The SMILES string of the molecule is CC(N)c1ccn(Cc2cc(Br)cs2)c1. The Morgan fingerprint density at radius 3 is 2.93 bits per heavy atom. The number of rotatable bonds is 3. The lowest BCUT2D eigenvalue weighted by Crippen LogP contribution is -2.03. The zero-order valence-corrected chi connectivity index (χ0v) is 10.9. The van der Waals surface area contributed by atoms with E-state index in [4.69, 9.17) is 5.73 Å². The number of hydrogen-bond donors (Lipinski definition) is 1. The fourth-order valence-corrected chi connectivity index (χ4v) is 2.90. The molecule has 2 heterocycles. The molecule has 0 aromatic carbocycles. The van der Waals surface area contributed by atoms with Crippen molar-refractivity contribution in [2.75, 3.05) is 0 Å². The first-order valence-corrected chi connectivity index (χ1v) is 6.46. The van der Waals surface area contributed by atoms with Crippen LogP contribution in [0, 0.1) is 0 Å². The van der Waals surface area contributed by atoms with Gasteiger partial charge in [-0.15, -0.1) is 11.3 Å². The molecule has 1 atom stereocenters. The Kier molecular flexibility index (Phi) is 3.29. The summed E-state index contributed by atoms with van der Waals surface area (Å²) in [6.45, 7) is 2.92. The molecule has 0 amide bonds. The normalized spacial score (nSPS) is 13.0. The van der Waals surface area contributed by atoms with Crippen LogP contribution in [0.3, 0.4) is 0 Å². The Balaban J connectivity index is 2.11. The number of aromatic nitrogens is 1. The second kappa shape index (κ2) is 4.51. The van der Waals surface area contributed by atoms with Gasteiger partial charge in [-0.3, -0.25) is 0 Å². The second-order valence-corrected chi connectivity index (χ2v) is 5.55. The average Bonchev–Trinajstić information content (AvgIpc) is 2.76. The maximum Gasteiger partial charge on any atom is 0.0564 e. The predicted octanol–water partition coefficient (Wildman–Crippen LogP) is 3.38. The fourth-order valence-electron chi connectivity index (χ4n) is 1.44. The maximum absolute atomic E-state index is 5.81. The molecular formula is C11H13BrN2S. The first kappa shape index (κ1) is 10.9. The van der Waals surface area contributed by atoms with Gasteiger partial charge in [-0.1, -0.05) is 0 Å². The fraction of sp³-hybridized carbons (Fsp3) is 0.273. The summed E-state index contributed by atoms with van der Waals surface area (Å²) in [5.74, 6) is 0. The minimum atomic E-state index is 0.112. The number of nitrogens with two attached hydrogens (primary N) is 1. The summed E-state index contributed by atoms with van der Waals surface area (Å²) in [4.78, 5) is 1.34. The van der Waals surface area contributed by atoms with Gasteiger partial charge in [-0.05, 0) is 40.5 Å². The van der Waals surface area contributed by atoms with Crippen LogP contribution in [-0.2, 0) is 6.54 Å². The van der Waals surface area contributed by atoms with Gasteiger partial charge in [0, 0.05) is 33.2 Å². The van der Waals surface area contributed by atoms with Crippen LogP contribution in [0.2, 0.25) is 0 Å². The molecule has 0 bridgehead atoms. The van der Waals surface area contributed by atoms with E-state index in [0.717, 1.165) is 11.0 Å². The minimum absolute atomic E-state index is 0.112. The topological polar surface area (TPSA) is 30.9 Å². The summed E-state index contributed by atoms with van der Waals surface area (Å²) in [6.07, 6.45) is 4.19. The molecule has 0 fully saturated rings. The van der Waals surface area contributed by atoms with Crippen LogP contribution in [0.1, 0.15) is 23.4 Å². The summed E-state index contributed by atoms with van der Waals surface area (Å²) in [5.41, 5.74) is 6.99. The Morgan fingerprint density at radius 2 is 2.40 bits per heavy atom. The molecule has 0 aliphatic heterocycles. The molecule has 15 heavy (non-hydrogen) atoms. The van der Waals surface area contributed by atoms with Gasteiger partial charge < -0.3 is 10.3 Å². The highest BCUT2D eigenvalue weighted by Gasteiger charge is 2.03. The van der Waals surface area contributed by atoms with Crippen molar-refractivity contribution in [2.24, 2.45) is 5.73 Å². The van der Waals surface area contributed by atoms with Crippen molar-refractivity contribution in [1.29, 1.82) is 0 Å². The highest BCUT2D eigenvalue weighted by molar-refractivity contribution is 9.10. The van der Waals surface area contributed by atoms with Crippen molar-refractivity contribution in [1.82, 2.24) is 4.57 Å². The molecule has 1 unspecified atom stereocenters. The highest BCUT2D eigenvalue weighted by atomic mass is 79.9. The van der Waals surface area contributed by atoms with Gasteiger partial charge in [0.2, 0.25) is 0 Å². The van der Waals surface area contributed by atoms with Crippen LogP contribution in [-0.4, -0.2) is 4.57 Å². The smallest absolute Gasteiger partial charge is 0.0564 e. The monoisotopic (exact) mass is 284 g/mol. The predicted molar refractivity (Wildman–Crippen MR) is 68.2 cm³/mol. The number of hydrogen-bond acceptors (Lipinski definition) is 2. The van der Waals surface area contributed by atoms with Crippen molar-refractivity contribution in [3.05, 3.63) is 44.8 Å². The summed E-state index contributed by atoms with van der Waals surface area (Å²) in [5, 5.41) is 2.10. The van der Waals surface area contributed by atoms with Crippen LogP contribution >= 0.6 is 27.3 Å². The van der Waals surface area contributed by atoms with Gasteiger partial charge in [-0.25, -0.2) is 0 Å². The van der Waals surface area contributed by atoms with E-state index in [9.17, 15) is 0 Å². The largest absolute Gasteiger partial charge is 0.349 e. The summed E-state index contributed by atoms with van der Waals surface area (Å²) >= 11 is 5.22. The van der Waals surface area contributed by atoms with Gasteiger partial charge in [0.05, 0.1) is 6.54 Å². The van der Waals surface area contributed by atoms with Crippen molar-refractivity contribution in [2.45, 2.75) is 19.5 Å². The van der Waals surface area contributed by atoms with Crippen molar-refractivity contribution >= 4 is 27.3 Å². The standard InChI is InChI=1S/C11H13BrN2S/c1-8(13)9-2-3-14(5-9)6-11-4-10(12)7-15-11/h2-5,7-8H,6,13H2,1H3. The lowest BCUT2D eigenvalue weighted by atomic mass is 10.2. The molecule has 80 valence electrons. The van der Waals surface area contributed by atoms with Gasteiger partial charge in [0.1, 0.15) is 0 Å². The Bertz CT molecular complexity index is 445. The Labute approximate surface area is 102 Å². The first-order chi connectivity index (χ1) is 7.15. The number of nitrogens with zero attached hydrogens (tertiary/aromatic N) is 1. The number of thiophene rings is 1. The van der Waals surface area contributed by atoms with Crippen LogP contribution in [0.25, 0.3) is 0 Å². The van der Waals surface area contributed by atoms with E-state index >= 15 is 0 Å². The lowest BCUT2D eigenvalue weighted by molar-refractivity contribution is 0.784. The van der Waals surface area contributed by atoms with E-state index in [-0.39, 0.29) is 6.04 Å². The van der Waals surface area contributed by atoms with E-state index < -0.39 is 0 Å². The van der Waals surface area contributed by atoms with E-state index in [1.54, 1.807) is 11.3 Å². The molecule has 2 N–H and O–H groups in total. The van der Waals surface area contributed by atoms with Crippen LogP contribution in [0.15, 0.2) is 34.4 Å². The third-order valence-electron chi connectivity index (χ3n) is 2.26. The Hall–Kier alpha value is -0.580. The Morgan fingerprint density at radius 1 is 1.60 bits per heavy atom. The molecule has 2 aromatic rings. The van der Waals surface area contributed by atoms with Gasteiger partial charge in [0.25, 0.3) is 0 Å². The molecule has 2 nitrogen and oxygen atoms in total. The molecule has 0 aliphatic carbocycles. The average molecular weight is 285 g/mol. The quantitative estimate of drug-likeness (QED) is 0.920. The molecular weight excluding hydrogens is 272 g/mol. The third-order valence-corrected chi connectivity index (χ3v) is 3.94. The van der Waals surface area contributed by atoms with Crippen molar-refractivity contribution in [3.8, 4) is 0 Å². The molecule has 0 saturated heterocycles. The second-order valence-electron chi connectivity index (χ2n) is 3.64. The lowest BCUT2D eigenvalue weighted by Gasteiger charge is -2.01. The summed E-state index contributed by atoms with van der Waals surface area (Å²) < 4.78 is 3.32. The van der Waals surface area contributed by atoms with Crippen LogP contribution in [0.4, 0.5) is 0 Å². The van der Waals surface area contributed by atoms with Gasteiger partial charge in [0.15, 0.2) is 0 Å². The highest BCUT2D eigenvalue weighted by Crippen LogP contribution is 2.21. The summed E-state index contributed by atoms with van der Waals surface area (Å²) in [7, 11) is 0.